The summed E-state index contributed by atoms with van der Waals surface area (Å²) >= 11 is 1.66. The van der Waals surface area contributed by atoms with Gasteiger partial charge in [0.1, 0.15) is 5.82 Å². The van der Waals surface area contributed by atoms with E-state index < -0.39 is 0 Å². The average molecular weight is 327 g/mol. The predicted molar refractivity (Wildman–Crippen MR) is 93.9 cm³/mol. The van der Waals surface area contributed by atoms with Crippen LogP contribution in [0.5, 0.6) is 0 Å². The van der Waals surface area contributed by atoms with Gasteiger partial charge in [-0.3, -0.25) is 0 Å². The van der Waals surface area contributed by atoms with Crippen molar-refractivity contribution in [3.05, 3.63) is 29.0 Å². The van der Waals surface area contributed by atoms with Crippen molar-refractivity contribution < 1.29 is 0 Å². The van der Waals surface area contributed by atoms with Crippen molar-refractivity contribution in [2.45, 2.75) is 33.1 Å². The van der Waals surface area contributed by atoms with Crippen molar-refractivity contribution in [1.82, 2.24) is 19.8 Å². The van der Waals surface area contributed by atoms with Crippen molar-refractivity contribution >= 4 is 22.8 Å². The summed E-state index contributed by atoms with van der Waals surface area (Å²) in [6, 6.07) is 6.14. The molecule has 0 spiro atoms. The van der Waals surface area contributed by atoms with Crippen LogP contribution in [-0.2, 0) is 0 Å². The molecule has 6 heteroatoms. The lowest BCUT2D eigenvalue weighted by atomic mass is 9.85. The molecule has 0 saturated carbocycles. The van der Waals surface area contributed by atoms with Crippen LogP contribution in [0.25, 0.3) is 17.0 Å². The topological polar surface area (TPSA) is 46.3 Å². The predicted octanol–water partition coefficient (Wildman–Crippen LogP) is 3.87. The molecular formula is C17H21N5S. The molecule has 120 valence electrons. The van der Waals surface area contributed by atoms with Crippen molar-refractivity contribution in [3.8, 4) is 11.4 Å². The maximum absolute atomic E-state index is 4.83. The van der Waals surface area contributed by atoms with Crippen LogP contribution in [0.15, 0.2) is 29.0 Å². The number of rotatable bonds is 2. The monoisotopic (exact) mass is 327 g/mol. The van der Waals surface area contributed by atoms with Crippen molar-refractivity contribution in [2.24, 2.45) is 5.41 Å². The summed E-state index contributed by atoms with van der Waals surface area (Å²) in [5.74, 6) is 1.84. The smallest absolute Gasteiger partial charge is 0.186 e. The molecule has 1 saturated heterocycles. The van der Waals surface area contributed by atoms with Gasteiger partial charge in [0.05, 0.1) is 0 Å². The standard InChI is InChI=1S/C17H21N5S/c1-17(2)7-3-9-21(10-8-17)15-5-4-14-18-19-16(22(14)20-15)13-6-11-23-12-13/h4-6,11-12H,3,7-10H2,1-2H3. The molecule has 23 heavy (non-hydrogen) atoms. The Bertz CT molecular complexity index is 806. The van der Waals surface area contributed by atoms with Gasteiger partial charge in [0, 0.05) is 24.0 Å². The second kappa shape index (κ2) is 5.60. The highest BCUT2D eigenvalue weighted by Gasteiger charge is 2.24. The molecule has 0 bridgehead atoms. The number of nitrogens with zero attached hydrogens (tertiary/aromatic N) is 5. The van der Waals surface area contributed by atoms with E-state index in [0.717, 1.165) is 35.9 Å². The molecule has 1 fully saturated rings. The van der Waals surface area contributed by atoms with E-state index in [9.17, 15) is 0 Å². The lowest BCUT2D eigenvalue weighted by Gasteiger charge is -2.24. The number of fused-ring (bicyclic) bond motifs is 1. The molecule has 4 heterocycles. The molecule has 3 aromatic heterocycles. The number of thiophene rings is 1. The van der Waals surface area contributed by atoms with Gasteiger partial charge in [0.15, 0.2) is 11.5 Å². The highest BCUT2D eigenvalue weighted by atomic mass is 32.1. The van der Waals surface area contributed by atoms with E-state index >= 15 is 0 Å². The summed E-state index contributed by atoms with van der Waals surface area (Å²) in [6.07, 6.45) is 3.69. The Kier molecular flexibility index (Phi) is 3.56. The molecule has 0 unspecified atom stereocenters. The van der Waals surface area contributed by atoms with E-state index in [-0.39, 0.29) is 0 Å². The number of aromatic nitrogens is 4. The van der Waals surface area contributed by atoms with Crippen LogP contribution in [0.3, 0.4) is 0 Å². The molecule has 0 aromatic carbocycles. The van der Waals surface area contributed by atoms with E-state index in [1.165, 1.54) is 19.3 Å². The van der Waals surface area contributed by atoms with Crippen LogP contribution in [0.4, 0.5) is 5.82 Å². The Balaban J connectivity index is 1.70. The second-order valence-electron chi connectivity index (χ2n) is 7.00. The van der Waals surface area contributed by atoms with Gasteiger partial charge in [-0.2, -0.15) is 15.9 Å². The summed E-state index contributed by atoms with van der Waals surface area (Å²) in [7, 11) is 0. The summed E-state index contributed by atoms with van der Waals surface area (Å²) in [6.45, 7) is 6.85. The van der Waals surface area contributed by atoms with Gasteiger partial charge in [-0.15, -0.1) is 15.3 Å². The van der Waals surface area contributed by atoms with Crippen LogP contribution < -0.4 is 4.90 Å². The minimum Gasteiger partial charge on any atom is -0.355 e. The zero-order valence-electron chi connectivity index (χ0n) is 13.6. The van der Waals surface area contributed by atoms with Crippen LogP contribution in [0.1, 0.15) is 33.1 Å². The third-order valence-electron chi connectivity index (χ3n) is 4.69. The Morgan fingerprint density at radius 3 is 2.83 bits per heavy atom. The third kappa shape index (κ3) is 2.83. The molecular weight excluding hydrogens is 306 g/mol. The van der Waals surface area contributed by atoms with Crippen LogP contribution in [0, 0.1) is 5.41 Å². The van der Waals surface area contributed by atoms with Crippen LogP contribution in [-0.4, -0.2) is 32.9 Å². The first kappa shape index (κ1) is 14.6. The second-order valence-corrected chi connectivity index (χ2v) is 7.78. The van der Waals surface area contributed by atoms with Crippen molar-refractivity contribution in [1.29, 1.82) is 0 Å². The first-order valence-electron chi connectivity index (χ1n) is 8.12. The summed E-state index contributed by atoms with van der Waals surface area (Å²) < 4.78 is 1.87. The molecule has 0 radical (unpaired) electrons. The maximum atomic E-state index is 4.83. The molecule has 0 N–H and O–H groups in total. The highest BCUT2D eigenvalue weighted by molar-refractivity contribution is 7.08. The number of hydrogen-bond acceptors (Lipinski definition) is 5. The SMILES string of the molecule is CC1(C)CCCN(c2ccc3nnc(-c4ccsc4)n3n2)CC1. The Morgan fingerprint density at radius 2 is 2.00 bits per heavy atom. The zero-order valence-corrected chi connectivity index (χ0v) is 14.4. The Hall–Kier alpha value is -1.95. The largest absolute Gasteiger partial charge is 0.355 e. The molecule has 0 aliphatic carbocycles. The lowest BCUT2D eigenvalue weighted by molar-refractivity contribution is 0.325. The van der Waals surface area contributed by atoms with E-state index in [0.29, 0.717) is 5.41 Å². The minimum absolute atomic E-state index is 0.428. The van der Waals surface area contributed by atoms with Crippen molar-refractivity contribution in [2.75, 3.05) is 18.0 Å². The Labute approximate surface area is 140 Å². The van der Waals surface area contributed by atoms with E-state index in [4.69, 9.17) is 5.10 Å². The van der Waals surface area contributed by atoms with E-state index in [2.05, 4.69) is 51.8 Å². The Morgan fingerprint density at radius 1 is 1.09 bits per heavy atom. The normalized spacial score (nSPS) is 18.3. The first-order valence-corrected chi connectivity index (χ1v) is 9.07. The van der Waals surface area contributed by atoms with Crippen LogP contribution in [0.2, 0.25) is 0 Å². The molecule has 0 atom stereocenters. The van der Waals surface area contributed by atoms with Gasteiger partial charge in [-0.05, 0) is 48.3 Å². The number of hydrogen-bond donors (Lipinski definition) is 0. The quantitative estimate of drug-likeness (QED) is 0.717. The van der Waals surface area contributed by atoms with Gasteiger partial charge in [-0.1, -0.05) is 13.8 Å². The molecule has 1 aliphatic rings. The van der Waals surface area contributed by atoms with E-state index in [1.54, 1.807) is 11.3 Å². The fraction of sp³-hybridized carbons (Fsp3) is 0.471. The molecule has 0 amide bonds. The molecule has 4 rings (SSSR count). The van der Waals surface area contributed by atoms with Gasteiger partial charge >= 0.3 is 0 Å². The highest BCUT2D eigenvalue weighted by Crippen LogP contribution is 2.31. The van der Waals surface area contributed by atoms with Gasteiger partial charge in [-0.25, -0.2) is 0 Å². The van der Waals surface area contributed by atoms with Crippen molar-refractivity contribution in [3.63, 3.8) is 0 Å². The zero-order chi connectivity index (χ0) is 15.9. The van der Waals surface area contributed by atoms with Gasteiger partial charge in [0.2, 0.25) is 0 Å². The fourth-order valence-electron chi connectivity index (χ4n) is 3.17. The molecule has 3 aromatic rings. The third-order valence-corrected chi connectivity index (χ3v) is 5.38. The summed E-state index contributed by atoms with van der Waals surface area (Å²) in [5, 5.41) is 17.5. The van der Waals surface area contributed by atoms with E-state index in [1.807, 2.05) is 10.6 Å². The number of anilines is 1. The first-order chi connectivity index (χ1) is 11.1. The average Bonchev–Trinajstić information content (AvgIpc) is 3.15. The molecule has 1 aliphatic heterocycles. The van der Waals surface area contributed by atoms with Gasteiger partial charge in [0.25, 0.3) is 0 Å². The summed E-state index contributed by atoms with van der Waals surface area (Å²) in [4.78, 5) is 2.39. The maximum Gasteiger partial charge on any atom is 0.186 e. The van der Waals surface area contributed by atoms with Crippen LogP contribution >= 0.6 is 11.3 Å². The minimum atomic E-state index is 0.428. The lowest BCUT2D eigenvalue weighted by Crippen LogP contribution is -2.26. The fourth-order valence-corrected chi connectivity index (χ4v) is 3.81. The molecule has 5 nitrogen and oxygen atoms in total. The summed E-state index contributed by atoms with van der Waals surface area (Å²) in [5.41, 5.74) is 2.30. The van der Waals surface area contributed by atoms with Gasteiger partial charge < -0.3 is 4.90 Å².